The van der Waals surface area contributed by atoms with Crippen molar-refractivity contribution in [2.75, 3.05) is 33.3 Å². The van der Waals surface area contributed by atoms with Crippen LogP contribution in [0.2, 0.25) is 0 Å². The van der Waals surface area contributed by atoms with Crippen molar-refractivity contribution >= 4 is 0 Å². The number of halogens is 3. The maximum absolute atomic E-state index is 12.6. The topological polar surface area (TPSA) is 24.5 Å². The molecule has 1 aromatic carbocycles. The van der Waals surface area contributed by atoms with Crippen molar-refractivity contribution in [2.45, 2.75) is 25.1 Å². The maximum Gasteiger partial charge on any atom is 0.389 e. The highest BCUT2D eigenvalue weighted by Gasteiger charge is 2.32. The summed E-state index contributed by atoms with van der Waals surface area (Å²) >= 11 is 0. The highest BCUT2D eigenvalue weighted by Crippen LogP contribution is 2.35. The first-order chi connectivity index (χ1) is 10.0. The molecule has 3 nitrogen and oxygen atoms in total. The fourth-order valence-corrected chi connectivity index (χ4v) is 2.77. The first kappa shape index (κ1) is 16.1. The van der Waals surface area contributed by atoms with Gasteiger partial charge in [-0.15, -0.1) is 0 Å². The van der Waals surface area contributed by atoms with Crippen LogP contribution in [0.3, 0.4) is 0 Å². The zero-order valence-electron chi connectivity index (χ0n) is 12.1. The van der Waals surface area contributed by atoms with E-state index in [1.165, 1.54) is 0 Å². The van der Waals surface area contributed by atoms with Crippen molar-refractivity contribution < 1.29 is 17.9 Å². The van der Waals surface area contributed by atoms with E-state index in [0.29, 0.717) is 5.75 Å². The second-order valence-corrected chi connectivity index (χ2v) is 5.20. The van der Waals surface area contributed by atoms with E-state index in [9.17, 15) is 13.2 Å². The Morgan fingerprint density at radius 2 is 1.90 bits per heavy atom. The number of ether oxygens (including phenoxy) is 1. The predicted octanol–water partition coefficient (Wildman–Crippen LogP) is 2.98. The summed E-state index contributed by atoms with van der Waals surface area (Å²) in [6.07, 6.45) is -4.85. The van der Waals surface area contributed by atoms with Gasteiger partial charge in [0.1, 0.15) is 5.75 Å². The van der Waals surface area contributed by atoms with E-state index in [4.69, 9.17) is 4.74 Å². The third kappa shape index (κ3) is 4.61. The van der Waals surface area contributed by atoms with Gasteiger partial charge in [-0.25, -0.2) is 0 Å². The molecule has 0 unspecified atom stereocenters. The van der Waals surface area contributed by atoms with Gasteiger partial charge in [-0.1, -0.05) is 18.2 Å². The van der Waals surface area contributed by atoms with E-state index < -0.39 is 12.6 Å². The fourth-order valence-electron chi connectivity index (χ4n) is 2.77. The molecular formula is C15H21F3N2O. The van der Waals surface area contributed by atoms with Gasteiger partial charge in [-0.05, 0) is 12.5 Å². The molecule has 2 rings (SSSR count). The molecule has 1 atom stereocenters. The van der Waals surface area contributed by atoms with Crippen molar-refractivity contribution in [1.29, 1.82) is 0 Å². The molecule has 0 bridgehead atoms. The van der Waals surface area contributed by atoms with Crippen LogP contribution in [0, 0.1) is 0 Å². The average molecular weight is 302 g/mol. The Labute approximate surface area is 123 Å². The number of alkyl halides is 3. The van der Waals surface area contributed by atoms with E-state index in [0.717, 1.165) is 31.7 Å². The van der Waals surface area contributed by atoms with Crippen molar-refractivity contribution in [1.82, 2.24) is 10.2 Å². The van der Waals surface area contributed by atoms with E-state index in [1.807, 2.05) is 18.2 Å². The molecule has 0 radical (unpaired) electrons. The SMILES string of the molecule is COc1ccccc1[C@H](CCC(F)(F)F)N1CCNCC1. The second kappa shape index (κ2) is 7.13. The maximum atomic E-state index is 12.6. The van der Waals surface area contributed by atoms with Crippen LogP contribution >= 0.6 is 0 Å². The minimum absolute atomic E-state index is 0.0594. The molecule has 118 valence electrons. The Morgan fingerprint density at radius 3 is 2.52 bits per heavy atom. The summed E-state index contributed by atoms with van der Waals surface area (Å²) < 4.78 is 43.2. The zero-order chi connectivity index (χ0) is 15.3. The fraction of sp³-hybridized carbons (Fsp3) is 0.600. The average Bonchev–Trinajstić information content (AvgIpc) is 2.48. The lowest BCUT2D eigenvalue weighted by atomic mass is 9.98. The van der Waals surface area contributed by atoms with Gasteiger partial charge in [0.05, 0.1) is 7.11 Å². The van der Waals surface area contributed by atoms with Crippen molar-refractivity contribution in [3.63, 3.8) is 0 Å². The summed E-state index contributed by atoms with van der Waals surface area (Å²) in [4.78, 5) is 2.11. The Balaban J connectivity index is 2.21. The van der Waals surface area contributed by atoms with Crippen LogP contribution in [0.1, 0.15) is 24.4 Å². The molecule has 1 N–H and O–H groups in total. The molecule has 1 saturated heterocycles. The van der Waals surface area contributed by atoms with E-state index in [2.05, 4.69) is 10.2 Å². The van der Waals surface area contributed by atoms with Gasteiger partial charge in [-0.2, -0.15) is 13.2 Å². The van der Waals surface area contributed by atoms with Gasteiger partial charge in [0, 0.05) is 44.2 Å². The number of rotatable bonds is 5. The van der Waals surface area contributed by atoms with Gasteiger partial charge in [-0.3, -0.25) is 4.90 Å². The first-order valence-corrected chi connectivity index (χ1v) is 7.15. The monoisotopic (exact) mass is 302 g/mol. The van der Waals surface area contributed by atoms with Crippen molar-refractivity contribution in [3.8, 4) is 5.75 Å². The molecule has 1 aliphatic heterocycles. The molecule has 0 saturated carbocycles. The van der Waals surface area contributed by atoms with E-state index in [1.54, 1.807) is 13.2 Å². The number of para-hydroxylation sites is 1. The lowest BCUT2D eigenvalue weighted by Gasteiger charge is -2.36. The second-order valence-electron chi connectivity index (χ2n) is 5.20. The molecule has 21 heavy (non-hydrogen) atoms. The summed E-state index contributed by atoms with van der Waals surface area (Å²) in [5.74, 6) is 0.656. The summed E-state index contributed by atoms with van der Waals surface area (Å²) in [6.45, 7) is 3.11. The first-order valence-electron chi connectivity index (χ1n) is 7.15. The Bertz CT molecular complexity index is 445. The van der Waals surface area contributed by atoms with Crippen LogP contribution < -0.4 is 10.1 Å². The van der Waals surface area contributed by atoms with E-state index in [-0.39, 0.29) is 12.5 Å². The minimum Gasteiger partial charge on any atom is -0.496 e. The van der Waals surface area contributed by atoms with Crippen LogP contribution in [-0.4, -0.2) is 44.4 Å². The normalized spacial score (nSPS) is 18.5. The summed E-state index contributed by atoms with van der Waals surface area (Å²) in [5, 5.41) is 3.23. The third-order valence-corrected chi connectivity index (χ3v) is 3.79. The number of nitrogens with one attached hydrogen (secondary N) is 1. The van der Waals surface area contributed by atoms with Gasteiger partial charge < -0.3 is 10.1 Å². The molecule has 0 aliphatic carbocycles. The summed E-state index contributed by atoms with van der Waals surface area (Å²) in [6, 6.07) is 7.09. The number of benzene rings is 1. The number of piperazine rings is 1. The van der Waals surface area contributed by atoms with Crippen LogP contribution in [0.15, 0.2) is 24.3 Å². The molecule has 1 aromatic rings. The van der Waals surface area contributed by atoms with Crippen LogP contribution in [-0.2, 0) is 0 Å². The molecule has 1 fully saturated rings. The zero-order valence-corrected chi connectivity index (χ0v) is 12.1. The van der Waals surface area contributed by atoms with Gasteiger partial charge in [0.2, 0.25) is 0 Å². The Kier molecular flexibility index (Phi) is 5.47. The van der Waals surface area contributed by atoms with Crippen LogP contribution in [0.4, 0.5) is 13.2 Å². The van der Waals surface area contributed by atoms with Gasteiger partial charge >= 0.3 is 6.18 Å². The number of hydrogen-bond acceptors (Lipinski definition) is 3. The van der Waals surface area contributed by atoms with Gasteiger partial charge in [0.15, 0.2) is 0 Å². The third-order valence-electron chi connectivity index (χ3n) is 3.79. The van der Waals surface area contributed by atoms with Crippen molar-refractivity contribution in [3.05, 3.63) is 29.8 Å². The molecule has 1 heterocycles. The summed E-state index contributed by atoms with van der Waals surface area (Å²) in [7, 11) is 1.55. The highest BCUT2D eigenvalue weighted by molar-refractivity contribution is 5.36. The largest absolute Gasteiger partial charge is 0.496 e. The minimum atomic E-state index is -4.13. The van der Waals surface area contributed by atoms with E-state index >= 15 is 0 Å². The Morgan fingerprint density at radius 1 is 1.24 bits per heavy atom. The molecule has 0 aromatic heterocycles. The quantitative estimate of drug-likeness (QED) is 0.905. The molecular weight excluding hydrogens is 281 g/mol. The van der Waals surface area contributed by atoms with Crippen LogP contribution in [0.5, 0.6) is 5.75 Å². The number of methoxy groups -OCH3 is 1. The Hall–Kier alpha value is -1.27. The molecule has 6 heteroatoms. The standard InChI is InChI=1S/C15H21F3N2O/c1-21-14-5-3-2-4-12(14)13(6-7-15(16,17)18)20-10-8-19-9-11-20/h2-5,13,19H,6-11H2,1H3/t13-/m0/s1. The van der Waals surface area contributed by atoms with Gasteiger partial charge in [0.25, 0.3) is 0 Å². The number of nitrogens with zero attached hydrogens (tertiary/aromatic N) is 1. The lowest BCUT2D eigenvalue weighted by molar-refractivity contribution is -0.138. The predicted molar refractivity (Wildman–Crippen MR) is 75.5 cm³/mol. The molecule has 0 amide bonds. The highest BCUT2D eigenvalue weighted by atomic mass is 19.4. The van der Waals surface area contributed by atoms with Crippen LogP contribution in [0.25, 0.3) is 0 Å². The number of hydrogen-bond donors (Lipinski definition) is 1. The van der Waals surface area contributed by atoms with Crippen molar-refractivity contribution in [2.24, 2.45) is 0 Å². The molecule has 1 aliphatic rings. The summed E-state index contributed by atoms with van der Waals surface area (Å²) in [5.41, 5.74) is 0.839. The molecule has 0 spiro atoms. The lowest BCUT2D eigenvalue weighted by Crippen LogP contribution is -2.45. The smallest absolute Gasteiger partial charge is 0.389 e.